The fourth-order valence-corrected chi connectivity index (χ4v) is 2.77. The molecule has 0 saturated carbocycles. The van der Waals surface area contributed by atoms with Crippen LogP contribution in [-0.4, -0.2) is 35.5 Å². The molecule has 1 aromatic heterocycles. The van der Waals surface area contributed by atoms with Gasteiger partial charge in [0.05, 0.1) is 10.7 Å². The highest BCUT2D eigenvalue weighted by Gasteiger charge is 2.35. The van der Waals surface area contributed by atoms with Gasteiger partial charge in [0.15, 0.2) is 5.76 Å². The van der Waals surface area contributed by atoms with E-state index in [0.717, 1.165) is 0 Å². The minimum absolute atomic E-state index is 0.156. The molecular formula is C16H13ClN2O5. The monoisotopic (exact) mass is 348 g/mol. The largest absolute Gasteiger partial charge is 0.475 e. The number of furan rings is 1. The Hall–Kier alpha value is -2.80. The normalized spacial score (nSPS) is 17.1. The lowest BCUT2D eigenvalue weighted by atomic mass is 10.2. The van der Waals surface area contributed by atoms with Gasteiger partial charge in [-0.25, -0.2) is 4.79 Å². The number of anilines is 1. The van der Waals surface area contributed by atoms with Gasteiger partial charge in [-0.1, -0.05) is 23.7 Å². The third-order valence-corrected chi connectivity index (χ3v) is 4.01. The molecule has 1 aliphatic heterocycles. The maximum absolute atomic E-state index is 12.5. The number of carbonyl (C=O) groups excluding carboxylic acids is 2. The van der Waals surface area contributed by atoms with Crippen LogP contribution in [0.2, 0.25) is 5.02 Å². The van der Waals surface area contributed by atoms with Crippen LogP contribution in [0.4, 0.5) is 5.69 Å². The summed E-state index contributed by atoms with van der Waals surface area (Å²) < 4.78 is 4.93. The summed E-state index contributed by atoms with van der Waals surface area (Å²) in [5.74, 6) is -2.67. The predicted octanol–water partition coefficient (Wildman–Crippen LogP) is 2.17. The van der Waals surface area contributed by atoms with Crippen molar-refractivity contribution in [1.29, 1.82) is 0 Å². The molecule has 1 aliphatic rings. The van der Waals surface area contributed by atoms with Crippen LogP contribution in [0.15, 0.2) is 40.8 Å². The summed E-state index contributed by atoms with van der Waals surface area (Å²) >= 11 is 6.10. The van der Waals surface area contributed by atoms with Gasteiger partial charge in [0, 0.05) is 6.54 Å². The third kappa shape index (κ3) is 2.98. The van der Waals surface area contributed by atoms with E-state index >= 15 is 0 Å². The van der Waals surface area contributed by atoms with E-state index in [0.29, 0.717) is 23.7 Å². The molecule has 2 N–H and O–H groups in total. The van der Waals surface area contributed by atoms with Crippen molar-refractivity contribution in [3.63, 3.8) is 0 Å². The van der Waals surface area contributed by atoms with Crippen LogP contribution in [0.1, 0.15) is 27.5 Å². The van der Waals surface area contributed by atoms with Crippen LogP contribution < -0.4 is 10.2 Å². The first kappa shape index (κ1) is 16.1. The maximum Gasteiger partial charge on any atom is 0.371 e. The Balaban J connectivity index is 1.70. The third-order valence-electron chi connectivity index (χ3n) is 3.69. The Labute approximate surface area is 141 Å². The summed E-state index contributed by atoms with van der Waals surface area (Å²) in [5, 5.41) is 11.8. The van der Waals surface area contributed by atoms with Crippen molar-refractivity contribution in [2.75, 3.05) is 11.4 Å². The molecule has 1 aromatic carbocycles. The highest BCUT2D eigenvalue weighted by Crippen LogP contribution is 2.29. The summed E-state index contributed by atoms with van der Waals surface area (Å²) in [6.45, 7) is 0.423. The van der Waals surface area contributed by atoms with E-state index in [2.05, 4.69) is 5.32 Å². The number of nitrogens with one attached hydrogen (secondary N) is 1. The van der Waals surface area contributed by atoms with Gasteiger partial charge in [-0.2, -0.15) is 0 Å². The Morgan fingerprint density at radius 2 is 1.92 bits per heavy atom. The lowest BCUT2D eigenvalue weighted by molar-refractivity contribution is -0.118. The van der Waals surface area contributed by atoms with Crippen LogP contribution in [0.5, 0.6) is 0 Å². The maximum atomic E-state index is 12.5. The van der Waals surface area contributed by atoms with E-state index in [1.807, 2.05) is 0 Å². The molecule has 24 heavy (non-hydrogen) atoms. The molecule has 7 nitrogen and oxygen atoms in total. The number of carboxylic acids is 1. The summed E-state index contributed by atoms with van der Waals surface area (Å²) in [4.78, 5) is 36.8. The average Bonchev–Trinajstić information content (AvgIpc) is 3.17. The topological polar surface area (TPSA) is 99.8 Å². The van der Waals surface area contributed by atoms with Gasteiger partial charge in [0.1, 0.15) is 6.04 Å². The molecule has 1 fully saturated rings. The fraction of sp³-hybridized carbons (Fsp3) is 0.188. The molecule has 2 amide bonds. The molecule has 0 spiro atoms. The van der Waals surface area contributed by atoms with Gasteiger partial charge in [-0.15, -0.1) is 0 Å². The van der Waals surface area contributed by atoms with Crippen LogP contribution in [-0.2, 0) is 4.79 Å². The molecular weight excluding hydrogens is 336 g/mol. The molecule has 0 radical (unpaired) electrons. The number of carboxylic acid groups (broad SMARTS) is 1. The molecule has 1 atom stereocenters. The highest BCUT2D eigenvalue weighted by molar-refractivity contribution is 6.34. The van der Waals surface area contributed by atoms with Crippen molar-refractivity contribution < 1.29 is 23.9 Å². The highest BCUT2D eigenvalue weighted by atomic mass is 35.5. The predicted molar refractivity (Wildman–Crippen MR) is 85.3 cm³/mol. The number of halogens is 1. The zero-order valence-corrected chi connectivity index (χ0v) is 13.1. The summed E-state index contributed by atoms with van der Waals surface area (Å²) in [5.41, 5.74) is 0.590. The first-order chi connectivity index (χ1) is 11.5. The molecule has 0 bridgehead atoms. The number of rotatable bonds is 4. The number of nitrogens with zero attached hydrogens (tertiary/aromatic N) is 1. The van der Waals surface area contributed by atoms with Gasteiger partial charge in [0.2, 0.25) is 11.7 Å². The summed E-state index contributed by atoms with van der Waals surface area (Å²) in [7, 11) is 0. The number of aromatic carboxylic acids is 1. The molecule has 0 unspecified atom stereocenters. The minimum atomic E-state index is -1.27. The molecule has 2 aromatic rings. The van der Waals surface area contributed by atoms with Crippen molar-refractivity contribution in [1.82, 2.24) is 5.32 Å². The Bertz CT molecular complexity index is 816. The Kier molecular flexibility index (Phi) is 4.26. The van der Waals surface area contributed by atoms with Crippen LogP contribution in [0, 0.1) is 0 Å². The van der Waals surface area contributed by atoms with Gasteiger partial charge in [-0.05, 0) is 30.7 Å². The second-order valence-electron chi connectivity index (χ2n) is 5.23. The second-order valence-corrected chi connectivity index (χ2v) is 5.63. The standard InChI is InChI=1S/C16H13ClN2O5/c17-9-3-1-2-4-11(9)19-8-7-10(15(19)21)18-14(20)12-5-6-13(24-12)16(22)23/h1-6,10H,7-8H2,(H,18,20)(H,22,23)/t10-/m1/s1. The van der Waals surface area contributed by atoms with Crippen molar-refractivity contribution in [3.05, 3.63) is 52.9 Å². The number of benzene rings is 1. The smallest absolute Gasteiger partial charge is 0.371 e. The second kappa shape index (κ2) is 6.37. The molecule has 0 aliphatic carbocycles. The van der Waals surface area contributed by atoms with Crippen molar-refractivity contribution in [3.8, 4) is 0 Å². The van der Waals surface area contributed by atoms with Gasteiger partial charge in [0.25, 0.3) is 5.91 Å². The van der Waals surface area contributed by atoms with Crippen LogP contribution >= 0.6 is 11.6 Å². The van der Waals surface area contributed by atoms with Crippen LogP contribution in [0.3, 0.4) is 0 Å². The lowest BCUT2D eigenvalue weighted by Crippen LogP contribution is -2.41. The number of amides is 2. The minimum Gasteiger partial charge on any atom is -0.475 e. The van der Waals surface area contributed by atoms with E-state index < -0.39 is 17.9 Å². The van der Waals surface area contributed by atoms with Crippen molar-refractivity contribution >= 4 is 35.1 Å². The first-order valence-corrected chi connectivity index (χ1v) is 7.55. The van der Waals surface area contributed by atoms with E-state index in [4.69, 9.17) is 21.1 Å². The summed E-state index contributed by atoms with van der Waals surface area (Å²) in [6.07, 6.45) is 0.419. The quantitative estimate of drug-likeness (QED) is 0.882. The van der Waals surface area contributed by atoms with Crippen LogP contribution in [0.25, 0.3) is 0 Å². The molecule has 3 rings (SSSR count). The SMILES string of the molecule is O=C(O)c1ccc(C(=O)N[C@@H]2CCN(c3ccccc3Cl)C2=O)o1. The average molecular weight is 349 g/mol. The molecule has 8 heteroatoms. The van der Waals surface area contributed by atoms with E-state index in [-0.39, 0.29) is 17.4 Å². The number of para-hydroxylation sites is 1. The Morgan fingerprint density at radius 3 is 2.58 bits per heavy atom. The zero-order chi connectivity index (χ0) is 17.3. The first-order valence-electron chi connectivity index (χ1n) is 7.17. The van der Waals surface area contributed by atoms with Crippen molar-refractivity contribution in [2.24, 2.45) is 0 Å². The van der Waals surface area contributed by atoms with Crippen molar-refractivity contribution in [2.45, 2.75) is 12.5 Å². The van der Waals surface area contributed by atoms with Gasteiger partial charge in [-0.3, -0.25) is 9.59 Å². The zero-order valence-electron chi connectivity index (χ0n) is 12.4. The molecule has 124 valence electrons. The summed E-state index contributed by atoms with van der Waals surface area (Å²) in [6, 6.07) is 8.68. The Morgan fingerprint density at radius 1 is 1.21 bits per heavy atom. The number of hydrogen-bond donors (Lipinski definition) is 2. The lowest BCUT2D eigenvalue weighted by Gasteiger charge is -2.18. The number of carbonyl (C=O) groups is 3. The molecule has 2 heterocycles. The van der Waals surface area contributed by atoms with E-state index in [1.54, 1.807) is 24.3 Å². The number of hydrogen-bond acceptors (Lipinski definition) is 4. The van der Waals surface area contributed by atoms with E-state index in [1.165, 1.54) is 17.0 Å². The van der Waals surface area contributed by atoms with Gasteiger partial charge < -0.3 is 19.7 Å². The van der Waals surface area contributed by atoms with Gasteiger partial charge >= 0.3 is 5.97 Å². The fourth-order valence-electron chi connectivity index (χ4n) is 2.53. The molecule has 1 saturated heterocycles. The van der Waals surface area contributed by atoms with E-state index in [9.17, 15) is 14.4 Å².